The highest BCUT2D eigenvalue weighted by atomic mass is 32.2. The van der Waals surface area contributed by atoms with E-state index in [9.17, 15) is 39.8 Å². The van der Waals surface area contributed by atoms with Crippen LogP contribution in [0.25, 0.3) is 0 Å². The molecule has 0 aliphatic carbocycles. The first-order valence-corrected chi connectivity index (χ1v) is 8.30. The molecule has 4 unspecified atom stereocenters. The highest BCUT2D eigenvalue weighted by Crippen LogP contribution is 2.07. The van der Waals surface area contributed by atoms with Crippen LogP contribution in [-0.4, -0.2) is 57.0 Å². The molecule has 0 bridgehead atoms. The van der Waals surface area contributed by atoms with Crippen molar-refractivity contribution in [2.45, 2.75) is 5.79 Å². The molecule has 21 heavy (non-hydrogen) atoms. The van der Waals surface area contributed by atoms with E-state index < -0.39 is 61.9 Å². The first kappa shape index (κ1) is 20.7. The number of hydrogen-bond acceptors (Lipinski definition) is 10. The molecule has 0 amide bonds. The third kappa shape index (κ3) is 7.00. The van der Waals surface area contributed by atoms with Crippen LogP contribution < -0.4 is 19.1 Å². The summed E-state index contributed by atoms with van der Waals surface area (Å²) in [5.41, 5.74) is 0. The molecule has 15 nitrogen and oxygen atoms in total. The molecule has 0 spiro atoms. The number of nitrogens with zero attached hydrogens (tertiary/aromatic N) is 1. The third-order valence-electron chi connectivity index (χ3n) is 1.44. The molecule has 0 radical (unpaired) electrons. The lowest BCUT2D eigenvalue weighted by Gasteiger charge is -2.41. The van der Waals surface area contributed by atoms with Gasteiger partial charge >= 0.3 is 5.97 Å². The summed E-state index contributed by atoms with van der Waals surface area (Å²) in [4.78, 5) is 13.4. The molecule has 0 saturated carbocycles. The quantitative estimate of drug-likeness (QED) is 0.134. The van der Waals surface area contributed by atoms with Gasteiger partial charge in [-0.3, -0.25) is 16.8 Å². The predicted octanol–water partition coefficient (Wildman–Crippen LogP) is -5.61. The van der Waals surface area contributed by atoms with E-state index in [1.807, 2.05) is 0 Å². The standard InChI is InChI=1S/C2H9N5O10S4/c8-1(9)2(3-18(10)11,4-19(12)13)7(5-20(14)15)6-21(16)17/h3-6H,(H,8,9)(H,10,11)(H,12,13)(H,14,15)(H,16,17)/p-4. The van der Waals surface area contributed by atoms with Crippen molar-refractivity contribution in [2.75, 3.05) is 0 Å². The SMILES string of the molecule is O=C(O)C(NS(=O)[O-])(NS(=O)[O-])N(NS(=O)[O-])NS(=O)[O-]. The average Bonchev–Trinajstić information content (AvgIpc) is 2.23. The van der Waals surface area contributed by atoms with Gasteiger partial charge in [0.15, 0.2) is 0 Å². The van der Waals surface area contributed by atoms with Crippen molar-refractivity contribution < 1.29 is 44.9 Å². The van der Waals surface area contributed by atoms with Gasteiger partial charge in [-0.15, -0.1) is 5.12 Å². The second kappa shape index (κ2) is 8.99. The molecule has 0 aliphatic heterocycles. The molecule has 4 atom stereocenters. The summed E-state index contributed by atoms with van der Waals surface area (Å²) in [5.74, 6) is -5.79. The molecule has 0 heterocycles. The summed E-state index contributed by atoms with van der Waals surface area (Å²) in [6.45, 7) is 0. The van der Waals surface area contributed by atoms with Crippen LogP contribution in [0.4, 0.5) is 0 Å². The Bertz CT molecular complexity index is 450. The molecule has 0 rings (SSSR count). The predicted molar refractivity (Wildman–Crippen MR) is 60.4 cm³/mol. The molecule has 5 N–H and O–H groups in total. The van der Waals surface area contributed by atoms with Crippen LogP contribution in [0.15, 0.2) is 0 Å². The van der Waals surface area contributed by atoms with Gasteiger partial charge in [0.2, 0.25) is 0 Å². The van der Waals surface area contributed by atoms with E-state index >= 15 is 0 Å². The van der Waals surface area contributed by atoms with E-state index in [0.29, 0.717) is 0 Å². The van der Waals surface area contributed by atoms with Crippen molar-refractivity contribution in [3.8, 4) is 0 Å². The number of aliphatic carboxylic acids is 1. The van der Waals surface area contributed by atoms with Crippen LogP contribution in [-0.2, 0) is 49.9 Å². The van der Waals surface area contributed by atoms with E-state index in [-0.39, 0.29) is 0 Å². The third-order valence-corrected chi connectivity index (χ3v) is 3.03. The average molecular weight is 387 g/mol. The van der Waals surface area contributed by atoms with Crippen LogP contribution in [0.2, 0.25) is 0 Å². The molecular weight excluding hydrogens is 382 g/mol. The van der Waals surface area contributed by atoms with Gasteiger partial charge in [0, 0.05) is 45.1 Å². The van der Waals surface area contributed by atoms with Crippen molar-refractivity contribution in [1.82, 2.24) is 24.2 Å². The molecule has 0 aliphatic rings. The minimum absolute atomic E-state index is 0.479. The summed E-state index contributed by atoms with van der Waals surface area (Å²) in [6.07, 6.45) is 0. The number of rotatable bonds is 10. The molecule has 0 saturated heterocycles. The summed E-state index contributed by atoms with van der Waals surface area (Å²) < 4.78 is 86.4. The lowest BCUT2D eigenvalue weighted by atomic mass is 10.4. The van der Waals surface area contributed by atoms with E-state index in [1.54, 1.807) is 0 Å². The van der Waals surface area contributed by atoms with Crippen LogP contribution in [0.3, 0.4) is 0 Å². The highest BCUT2D eigenvalue weighted by Gasteiger charge is 2.47. The van der Waals surface area contributed by atoms with Gasteiger partial charge in [0.1, 0.15) is 0 Å². The normalized spacial score (nSPS) is 20.4. The Morgan fingerprint density at radius 1 is 0.857 bits per heavy atom. The van der Waals surface area contributed by atoms with Crippen molar-refractivity contribution in [2.24, 2.45) is 0 Å². The maximum atomic E-state index is 11.1. The molecule has 19 heteroatoms. The van der Waals surface area contributed by atoms with E-state index in [1.165, 1.54) is 0 Å². The fourth-order valence-electron chi connectivity index (χ4n) is 0.841. The molecule has 0 aromatic heterocycles. The summed E-state index contributed by atoms with van der Waals surface area (Å²) in [6, 6.07) is 0. The van der Waals surface area contributed by atoms with Gasteiger partial charge in [0.25, 0.3) is 5.79 Å². The lowest BCUT2D eigenvalue weighted by molar-refractivity contribution is -0.157. The fraction of sp³-hybridized carbons (Fsp3) is 0.500. The minimum atomic E-state index is -3.46. The minimum Gasteiger partial charge on any atom is -0.760 e. The van der Waals surface area contributed by atoms with Crippen LogP contribution in [0.1, 0.15) is 0 Å². The Labute approximate surface area is 126 Å². The smallest absolute Gasteiger partial charge is 0.359 e. The molecule has 126 valence electrons. The number of nitrogens with one attached hydrogen (secondary N) is 4. The Kier molecular flexibility index (Phi) is 8.86. The summed E-state index contributed by atoms with van der Waals surface area (Å²) in [5, 5.41) is 8.44. The molecule has 0 aromatic carbocycles. The number of hydrazine groups is 2. The van der Waals surface area contributed by atoms with Crippen LogP contribution >= 0.6 is 0 Å². The van der Waals surface area contributed by atoms with E-state index in [2.05, 4.69) is 0 Å². The second-order valence-corrected chi connectivity index (χ2v) is 5.33. The van der Waals surface area contributed by atoms with Crippen molar-refractivity contribution in [3.63, 3.8) is 0 Å². The zero-order valence-electron chi connectivity index (χ0n) is 9.20. The van der Waals surface area contributed by atoms with Crippen LogP contribution in [0, 0.1) is 0 Å². The topological polar surface area (TPSA) is 249 Å². The van der Waals surface area contributed by atoms with Gasteiger partial charge in [-0.2, -0.15) is 9.66 Å². The van der Waals surface area contributed by atoms with Gasteiger partial charge in [-0.1, -0.05) is 0 Å². The zero-order valence-corrected chi connectivity index (χ0v) is 12.5. The van der Waals surface area contributed by atoms with Crippen molar-refractivity contribution >= 4 is 51.0 Å². The molecular formula is C2H5N5O10S4-4. The number of carbonyl (C=O) groups is 1. The Morgan fingerprint density at radius 2 is 1.19 bits per heavy atom. The lowest BCUT2D eigenvalue weighted by Crippen LogP contribution is -2.78. The Hall–Kier alpha value is -0.290. The highest BCUT2D eigenvalue weighted by molar-refractivity contribution is 7.78. The summed E-state index contributed by atoms with van der Waals surface area (Å²) in [7, 11) is 0. The van der Waals surface area contributed by atoms with E-state index in [0.717, 1.165) is 19.1 Å². The molecule has 0 aromatic rings. The maximum Gasteiger partial charge on any atom is 0.359 e. The van der Waals surface area contributed by atoms with Crippen molar-refractivity contribution in [1.29, 1.82) is 0 Å². The van der Waals surface area contributed by atoms with Crippen molar-refractivity contribution in [3.05, 3.63) is 0 Å². The van der Waals surface area contributed by atoms with E-state index in [4.69, 9.17) is 5.11 Å². The van der Waals surface area contributed by atoms with Gasteiger partial charge in [-0.25, -0.2) is 14.2 Å². The Morgan fingerprint density at radius 3 is 1.38 bits per heavy atom. The van der Waals surface area contributed by atoms with Gasteiger partial charge < -0.3 is 23.3 Å². The Balaban J connectivity index is 5.88. The largest absolute Gasteiger partial charge is 0.760 e. The first-order valence-electron chi connectivity index (χ1n) is 4.00. The maximum absolute atomic E-state index is 11.1. The number of carboxylic acid groups (broad SMARTS) is 1. The zero-order chi connectivity index (χ0) is 16.8. The fourth-order valence-corrected chi connectivity index (χ4v) is 2.57. The monoisotopic (exact) mass is 387 g/mol. The second-order valence-electron chi connectivity index (χ2n) is 2.68. The van der Waals surface area contributed by atoms with Gasteiger partial charge in [0.05, 0.1) is 0 Å². The number of hydrogen-bond donors (Lipinski definition) is 5. The first-order chi connectivity index (χ1) is 9.51. The number of carboxylic acids is 1. The summed E-state index contributed by atoms with van der Waals surface area (Å²) >= 11 is -13.6. The molecule has 0 fully saturated rings. The van der Waals surface area contributed by atoms with Gasteiger partial charge in [-0.05, 0) is 0 Å². The van der Waals surface area contributed by atoms with Crippen LogP contribution in [0.5, 0.6) is 0 Å².